The molecule has 0 aromatic heterocycles. The second-order valence-electron chi connectivity index (χ2n) is 5.69. The quantitative estimate of drug-likeness (QED) is 0.785. The Labute approximate surface area is 115 Å². The predicted octanol–water partition coefficient (Wildman–Crippen LogP) is 0.517. The van der Waals surface area contributed by atoms with Crippen molar-refractivity contribution >= 4 is 5.91 Å². The molecule has 2 aliphatic rings. The van der Waals surface area contributed by atoms with E-state index in [1.165, 1.54) is 0 Å². The van der Waals surface area contributed by atoms with Gasteiger partial charge in [0, 0.05) is 19.7 Å². The number of methoxy groups -OCH3 is 1. The van der Waals surface area contributed by atoms with E-state index in [2.05, 4.69) is 12.2 Å². The Morgan fingerprint density at radius 1 is 1.47 bits per heavy atom. The van der Waals surface area contributed by atoms with Crippen LogP contribution in [0.3, 0.4) is 0 Å². The summed E-state index contributed by atoms with van der Waals surface area (Å²) in [5, 5.41) is 13.0. The van der Waals surface area contributed by atoms with Gasteiger partial charge in [-0.2, -0.15) is 0 Å². The highest BCUT2D eigenvalue weighted by Crippen LogP contribution is 2.29. The molecular weight excluding hydrogens is 244 g/mol. The lowest BCUT2D eigenvalue weighted by Gasteiger charge is -2.44. The molecule has 2 saturated heterocycles. The fourth-order valence-electron chi connectivity index (χ4n) is 3.28. The second-order valence-corrected chi connectivity index (χ2v) is 5.69. The number of aliphatic hydroxyl groups is 1. The van der Waals surface area contributed by atoms with Gasteiger partial charge in [-0.15, -0.1) is 0 Å². The minimum absolute atomic E-state index is 0.121. The zero-order valence-corrected chi connectivity index (χ0v) is 12.0. The smallest absolute Gasteiger partial charge is 0.255 e. The summed E-state index contributed by atoms with van der Waals surface area (Å²) in [6.07, 6.45) is 3.47. The number of piperidine rings is 2. The molecule has 2 rings (SSSR count). The summed E-state index contributed by atoms with van der Waals surface area (Å²) in [5.41, 5.74) is -0.652. The predicted molar refractivity (Wildman–Crippen MR) is 72.9 cm³/mol. The first-order valence-electron chi connectivity index (χ1n) is 7.38. The van der Waals surface area contributed by atoms with Gasteiger partial charge >= 0.3 is 0 Å². The average molecular weight is 270 g/mol. The summed E-state index contributed by atoms with van der Waals surface area (Å²) in [7, 11) is 1.64. The summed E-state index contributed by atoms with van der Waals surface area (Å²) in [6.45, 7) is 4.38. The number of ether oxygens (including phenoxy) is 1. The van der Waals surface area contributed by atoms with Gasteiger partial charge < -0.3 is 20.1 Å². The van der Waals surface area contributed by atoms with Gasteiger partial charge in [0.25, 0.3) is 5.91 Å². The molecule has 19 heavy (non-hydrogen) atoms. The third-order valence-corrected chi connectivity index (χ3v) is 4.61. The van der Waals surface area contributed by atoms with E-state index in [-0.39, 0.29) is 18.1 Å². The van der Waals surface area contributed by atoms with E-state index < -0.39 is 5.60 Å². The maximum atomic E-state index is 12.9. The summed E-state index contributed by atoms with van der Waals surface area (Å²) < 4.78 is 5.62. The number of carbonyl (C=O) groups excluding carboxylic acids is 1. The number of nitrogens with one attached hydrogen (secondary N) is 1. The highest BCUT2D eigenvalue weighted by Gasteiger charge is 2.44. The molecule has 0 aromatic rings. The van der Waals surface area contributed by atoms with Gasteiger partial charge in [-0.3, -0.25) is 4.79 Å². The van der Waals surface area contributed by atoms with Crippen molar-refractivity contribution in [3.63, 3.8) is 0 Å². The van der Waals surface area contributed by atoms with Crippen LogP contribution in [0.1, 0.15) is 39.0 Å². The van der Waals surface area contributed by atoms with E-state index in [0.717, 1.165) is 32.4 Å². The number of hydrogen-bond acceptors (Lipinski definition) is 4. The first kappa shape index (κ1) is 14.8. The highest BCUT2D eigenvalue weighted by atomic mass is 16.5. The number of carbonyl (C=O) groups is 1. The Morgan fingerprint density at radius 3 is 2.74 bits per heavy atom. The van der Waals surface area contributed by atoms with Crippen LogP contribution in [0.25, 0.3) is 0 Å². The third kappa shape index (κ3) is 2.93. The number of aliphatic hydroxyl groups excluding tert-OH is 1. The standard InChI is InChI=1S/C14H26N2O3/c1-3-11-10-12(17)4-9-16(11)13(18)14(19-2)5-7-15-8-6-14/h11-12,15,17H,3-10H2,1-2H3/t11-,12-/m0/s1. The molecule has 0 aliphatic carbocycles. The van der Waals surface area contributed by atoms with Crippen LogP contribution in [-0.2, 0) is 9.53 Å². The van der Waals surface area contributed by atoms with E-state index in [1.54, 1.807) is 7.11 Å². The van der Waals surface area contributed by atoms with Crippen LogP contribution in [0.2, 0.25) is 0 Å². The SMILES string of the molecule is CC[C@H]1C[C@@H](O)CCN1C(=O)C1(OC)CCNCC1. The minimum atomic E-state index is -0.652. The van der Waals surface area contributed by atoms with Crippen molar-refractivity contribution in [1.82, 2.24) is 10.2 Å². The molecule has 0 aromatic carbocycles. The molecule has 0 unspecified atom stereocenters. The molecule has 0 saturated carbocycles. The van der Waals surface area contributed by atoms with Crippen molar-refractivity contribution in [2.45, 2.75) is 56.8 Å². The monoisotopic (exact) mass is 270 g/mol. The van der Waals surface area contributed by atoms with Crippen LogP contribution in [0, 0.1) is 0 Å². The maximum Gasteiger partial charge on any atom is 0.255 e. The number of nitrogens with zero attached hydrogens (tertiary/aromatic N) is 1. The molecule has 2 aliphatic heterocycles. The van der Waals surface area contributed by atoms with Crippen molar-refractivity contribution in [3.05, 3.63) is 0 Å². The van der Waals surface area contributed by atoms with Gasteiger partial charge in [-0.05, 0) is 45.2 Å². The van der Waals surface area contributed by atoms with Gasteiger partial charge in [0.15, 0.2) is 0 Å². The fraction of sp³-hybridized carbons (Fsp3) is 0.929. The third-order valence-electron chi connectivity index (χ3n) is 4.61. The molecule has 110 valence electrons. The van der Waals surface area contributed by atoms with E-state index >= 15 is 0 Å². The van der Waals surface area contributed by atoms with Crippen LogP contribution < -0.4 is 5.32 Å². The van der Waals surface area contributed by atoms with E-state index in [9.17, 15) is 9.90 Å². The van der Waals surface area contributed by atoms with Crippen molar-refractivity contribution in [3.8, 4) is 0 Å². The zero-order chi connectivity index (χ0) is 13.9. The van der Waals surface area contributed by atoms with Gasteiger partial charge in [0.2, 0.25) is 0 Å². The van der Waals surface area contributed by atoms with Crippen LogP contribution in [0.5, 0.6) is 0 Å². The molecule has 2 N–H and O–H groups in total. The molecule has 0 bridgehead atoms. The molecule has 2 heterocycles. The van der Waals surface area contributed by atoms with Gasteiger partial charge in [0.05, 0.1) is 6.10 Å². The Kier molecular flexibility index (Phi) is 4.81. The average Bonchev–Trinajstić information content (AvgIpc) is 2.47. The topological polar surface area (TPSA) is 61.8 Å². The lowest BCUT2D eigenvalue weighted by Crippen LogP contribution is -2.59. The lowest BCUT2D eigenvalue weighted by molar-refractivity contribution is -0.163. The number of hydrogen-bond donors (Lipinski definition) is 2. The first-order valence-corrected chi connectivity index (χ1v) is 7.38. The summed E-state index contributed by atoms with van der Waals surface area (Å²) in [4.78, 5) is 14.8. The second kappa shape index (κ2) is 6.20. The largest absolute Gasteiger partial charge is 0.393 e. The molecule has 0 spiro atoms. The van der Waals surface area contributed by atoms with Crippen LogP contribution in [-0.4, -0.2) is 60.4 Å². The summed E-state index contributed by atoms with van der Waals surface area (Å²) in [6, 6.07) is 0.151. The normalized spacial score (nSPS) is 31.2. The maximum absolute atomic E-state index is 12.9. The zero-order valence-electron chi connectivity index (χ0n) is 12.0. The molecule has 2 fully saturated rings. The number of likely N-dealkylation sites (tertiary alicyclic amines) is 1. The molecule has 5 nitrogen and oxygen atoms in total. The van der Waals surface area contributed by atoms with Gasteiger partial charge in [-0.1, -0.05) is 6.92 Å². The Balaban J connectivity index is 2.12. The summed E-state index contributed by atoms with van der Waals surface area (Å²) >= 11 is 0. The van der Waals surface area contributed by atoms with Crippen LogP contribution in [0.15, 0.2) is 0 Å². The Morgan fingerprint density at radius 2 is 2.16 bits per heavy atom. The van der Waals surface area contributed by atoms with Crippen LogP contribution in [0.4, 0.5) is 0 Å². The van der Waals surface area contributed by atoms with E-state index in [1.807, 2.05) is 4.90 Å². The number of amides is 1. The molecular formula is C14H26N2O3. The Hall–Kier alpha value is -0.650. The summed E-state index contributed by atoms with van der Waals surface area (Å²) in [5.74, 6) is 0.121. The van der Waals surface area contributed by atoms with Crippen LogP contribution >= 0.6 is 0 Å². The fourth-order valence-corrected chi connectivity index (χ4v) is 3.28. The van der Waals surface area contributed by atoms with E-state index in [0.29, 0.717) is 19.4 Å². The number of rotatable bonds is 3. The van der Waals surface area contributed by atoms with Crippen molar-refractivity contribution < 1.29 is 14.6 Å². The van der Waals surface area contributed by atoms with Crippen molar-refractivity contribution in [2.75, 3.05) is 26.7 Å². The lowest BCUT2D eigenvalue weighted by atomic mass is 9.87. The Bertz CT molecular complexity index is 316. The molecule has 2 atom stereocenters. The minimum Gasteiger partial charge on any atom is -0.393 e. The molecule has 0 radical (unpaired) electrons. The van der Waals surface area contributed by atoms with Crippen molar-refractivity contribution in [1.29, 1.82) is 0 Å². The first-order chi connectivity index (χ1) is 9.13. The highest BCUT2D eigenvalue weighted by molar-refractivity contribution is 5.86. The molecule has 1 amide bonds. The van der Waals surface area contributed by atoms with Gasteiger partial charge in [-0.25, -0.2) is 0 Å². The van der Waals surface area contributed by atoms with Crippen molar-refractivity contribution in [2.24, 2.45) is 0 Å². The molecule has 5 heteroatoms. The van der Waals surface area contributed by atoms with E-state index in [4.69, 9.17) is 4.74 Å². The van der Waals surface area contributed by atoms with Gasteiger partial charge in [0.1, 0.15) is 5.60 Å².